The Morgan fingerprint density at radius 3 is 2.44 bits per heavy atom. The van der Waals surface area contributed by atoms with Gasteiger partial charge in [-0.3, -0.25) is 4.79 Å². The summed E-state index contributed by atoms with van der Waals surface area (Å²) in [5.41, 5.74) is 2.35. The Morgan fingerprint density at radius 2 is 1.80 bits per heavy atom. The van der Waals surface area contributed by atoms with Crippen molar-refractivity contribution < 1.29 is 13.2 Å². The lowest BCUT2D eigenvalue weighted by Crippen LogP contribution is -2.22. The van der Waals surface area contributed by atoms with Crippen molar-refractivity contribution in [2.24, 2.45) is 0 Å². The van der Waals surface area contributed by atoms with Crippen LogP contribution in [0.1, 0.15) is 25.3 Å². The van der Waals surface area contributed by atoms with E-state index in [1.165, 1.54) is 0 Å². The monoisotopic (exact) mass is 374 g/mol. The lowest BCUT2D eigenvalue weighted by Gasteiger charge is -2.08. The van der Waals surface area contributed by atoms with E-state index >= 15 is 0 Å². The quantitative estimate of drug-likeness (QED) is 0.736. The molecule has 5 nitrogen and oxygen atoms in total. The van der Waals surface area contributed by atoms with Gasteiger partial charge in [-0.15, -0.1) is 11.3 Å². The van der Waals surface area contributed by atoms with Gasteiger partial charge in [-0.1, -0.05) is 38.1 Å². The third kappa shape index (κ3) is 4.05. The average molecular weight is 374 g/mol. The first-order valence-electron chi connectivity index (χ1n) is 7.83. The maximum Gasteiger partial charge on any atom is 0.240 e. The number of benzene rings is 2. The molecule has 0 unspecified atom stereocenters. The molecule has 0 atom stereocenters. The van der Waals surface area contributed by atoms with Gasteiger partial charge in [-0.2, -0.15) is 0 Å². The molecular formula is C18H18N2O3S2. The van der Waals surface area contributed by atoms with Gasteiger partial charge in [-0.05, 0) is 35.7 Å². The predicted molar refractivity (Wildman–Crippen MR) is 101 cm³/mol. The largest absolute Gasteiger partial charge is 0.325 e. The first-order chi connectivity index (χ1) is 11.8. The van der Waals surface area contributed by atoms with Crippen molar-refractivity contribution in [3.63, 3.8) is 0 Å². The number of carbonyl (C=O) groups is 1. The molecule has 1 aromatic heterocycles. The topological polar surface area (TPSA) is 76.1 Å². The first kappa shape index (κ1) is 17.6. The third-order valence-electron chi connectivity index (χ3n) is 3.72. The van der Waals surface area contributed by atoms with Gasteiger partial charge in [0.15, 0.2) is 0 Å². The summed E-state index contributed by atoms with van der Waals surface area (Å²) in [5.74, 6) is -0.806. The third-order valence-corrected chi connectivity index (χ3v) is 6.83. The molecule has 2 aromatic carbocycles. The molecule has 0 aliphatic heterocycles. The van der Waals surface area contributed by atoms with Crippen LogP contribution in [0.5, 0.6) is 0 Å². The molecule has 0 aliphatic rings. The molecule has 0 aliphatic carbocycles. The first-order valence-corrected chi connectivity index (χ1v) is 10.3. The Hall–Kier alpha value is -2.25. The van der Waals surface area contributed by atoms with Crippen molar-refractivity contribution in [2.45, 2.75) is 24.1 Å². The van der Waals surface area contributed by atoms with E-state index in [-0.39, 0.29) is 4.34 Å². The van der Waals surface area contributed by atoms with Crippen molar-refractivity contribution in [3.8, 4) is 0 Å². The van der Waals surface area contributed by atoms with Gasteiger partial charge in [0.05, 0.1) is 10.2 Å². The fraction of sp³-hybridized carbons (Fsp3) is 0.222. The van der Waals surface area contributed by atoms with Crippen LogP contribution in [0, 0.1) is 0 Å². The molecule has 3 rings (SSSR count). The molecular weight excluding hydrogens is 356 g/mol. The van der Waals surface area contributed by atoms with Gasteiger partial charge >= 0.3 is 0 Å². The summed E-state index contributed by atoms with van der Waals surface area (Å²) >= 11 is 1.08. The van der Waals surface area contributed by atoms with Crippen LogP contribution in [0.15, 0.2) is 52.9 Å². The van der Waals surface area contributed by atoms with Gasteiger partial charge in [-0.25, -0.2) is 13.4 Å². The second-order valence-electron chi connectivity index (χ2n) is 6.03. The van der Waals surface area contributed by atoms with Gasteiger partial charge in [0.25, 0.3) is 0 Å². The molecule has 3 aromatic rings. The minimum atomic E-state index is -3.77. The van der Waals surface area contributed by atoms with Crippen LogP contribution in [-0.4, -0.2) is 25.1 Å². The molecule has 0 saturated carbocycles. The van der Waals surface area contributed by atoms with Crippen LogP contribution in [0.3, 0.4) is 0 Å². The molecule has 0 spiro atoms. The molecule has 1 heterocycles. The Balaban J connectivity index is 1.72. The average Bonchev–Trinajstić information content (AvgIpc) is 3.00. The van der Waals surface area contributed by atoms with Gasteiger partial charge < -0.3 is 5.32 Å². The molecule has 1 N–H and O–H groups in total. The van der Waals surface area contributed by atoms with Crippen molar-refractivity contribution in [2.75, 3.05) is 11.1 Å². The Kier molecular flexibility index (Phi) is 4.87. The van der Waals surface area contributed by atoms with Gasteiger partial charge in [0, 0.05) is 5.69 Å². The number of nitrogens with one attached hydrogen (secondary N) is 1. The van der Waals surface area contributed by atoms with Gasteiger partial charge in [0.1, 0.15) is 5.75 Å². The lowest BCUT2D eigenvalue weighted by molar-refractivity contribution is -0.113. The van der Waals surface area contributed by atoms with E-state index in [9.17, 15) is 13.2 Å². The molecule has 0 saturated heterocycles. The number of carbonyl (C=O) groups excluding carboxylic acids is 1. The fourth-order valence-corrected chi connectivity index (χ4v) is 4.80. The van der Waals surface area contributed by atoms with E-state index in [0.717, 1.165) is 21.6 Å². The number of amides is 1. The summed E-state index contributed by atoms with van der Waals surface area (Å²) < 4.78 is 25.6. The second kappa shape index (κ2) is 6.93. The summed E-state index contributed by atoms with van der Waals surface area (Å²) in [4.78, 5) is 16.2. The van der Waals surface area contributed by atoms with Crippen molar-refractivity contribution in [3.05, 3.63) is 54.1 Å². The maximum absolute atomic E-state index is 12.4. The second-order valence-corrected chi connectivity index (χ2v) is 9.23. The molecule has 130 valence electrons. The molecule has 1 amide bonds. The van der Waals surface area contributed by atoms with E-state index in [1.54, 1.807) is 24.3 Å². The summed E-state index contributed by atoms with van der Waals surface area (Å²) in [5, 5.41) is 2.63. The molecule has 0 radical (unpaired) electrons. The number of thiazole rings is 1. The molecule has 0 bridgehead atoms. The zero-order valence-electron chi connectivity index (χ0n) is 13.9. The van der Waals surface area contributed by atoms with Crippen LogP contribution >= 0.6 is 11.3 Å². The van der Waals surface area contributed by atoms with Crippen LogP contribution in [0.4, 0.5) is 5.69 Å². The Morgan fingerprint density at radius 1 is 1.12 bits per heavy atom. The summed E-state index contributed by atoms with van der Waals surface area (Å²) in [6.45, 7) is 4.16. The number of hydrogen-bond donors (Lipinski definition) is 1. The maximum atomic E-state index is 12.4. The highest BCUT2D eigenvalue weighted by Gasteiger charge is 2.23. The lowest BCUT2D eigenvalue weighted by atomic mass is 10.0. The van der Waals surface area contributed by atoms with Crippen molar-refractivity contribution >= 4 is 43.0 Å². The Labute approximate surface area is 150 Å². The van der Waals surface area contributed by atoms with E-state index in [1.807, 2.05) is 24.3 Å². The summed E-state index contributed by atoms with van der Waals surface area (Å²) in [7, 11) is -3.77. The molecule has 0 fully saturated rings. The zero-order valence-corrected chi connectivity index (χ0v) is 15.5. The van der Waals surface area contributed by atoms with Gasteiger partial charge in [0.2, 0.25) is 20.1 Å². The number of sulfone groups is 1. The summed E-state index contributed by atoms with van der Waals surface area (Å²) in [6.07, 6.45) is 0. The number of anilines is 1. The van der Waals surface area contributed by atoms with Crippen molar-refractivity contribution in [1.29, 1.82) is 0 Å². The zero-order chi connectivity index (χ0) is 18.0. The number of para-hydroxylation sites is 1. The highest BCUT2D eigenvalue weighted by molar-refractivity contribution is 7.94. The Bertz CT molecular complexity index is 973. The van der Waals surface area contributed by atoms with Crippen LogP contribution in [-0.2, 0) is 14.6 Å². The number of fused-ring (bicyclic) bond motifs is 1. The highest BCUT2D eigenvalue weighted by Crippen LogP contribution is 2.26. The minimum Gasteiger partial charge on any atom is -0.325 e. The number of hydrogen-bond acceptors (Lipinski definition) is 5. The van der Waals surface area contributed by atoms with E-state index in [2.05, 4.69) is 24.1 Å². The van der Waals surface area contributed by atoms with Crippen LogP contribution < -0.4 is 5.32 Å². The van der Waals surface area contributed by atoms with Crippen LogP contribution in [0.2, 0.25) is 0 Å². The smallest absolute Gasteiger partial charge is 0.240 e. The standard InChI is InChI=1S/C18H18N2O3S2/c1-12(2)13-7-9-14(10-8-13)19-17(21)11-25(22,23)18-20-15-5-3-4-6-16(15)24-18/h3-10,12H,11H2,1-2H3,(H,19,21). The molecule has 7 heteroatoms. The normalized spacial score (nSPS) is 11.8. The fourth-order valence-electron chi connectivity index (χ4n) is 2.37. The SMILES string of the molecule is CC(C)c1ccc(NC(=O)CS(=O)(=O)c2nc3ccccc3s2)cc1. The minimum absolute atomic E-state index is 0.0287. The predicted octanol–water partition coefficient (Wildman–Crippen LogP) is 3.83. The highest BCUT2D eigenvalue weighted by atomic mass is 32.2. The van der Waals surface area contributed by atoms with Crippen molar-refractivity contribution in [1.82, 2.24) is 4.98 Å². The van der Waals surface area contributed by atoms with Crippen LogP contribution in [0.25, 0.3) is 10.2 Å². The number of rotatable bonds is 5. The number of aromatic nitrogens is 1. The number of nitrogens with zero attached hydrogens (tertiary/aromatic N) is 1. The van der Waals surface area contributed by atoms with E-state index < -0.39 is 21.5 Å². The molecule has 25 heavy (non-hydrogen) atoms. The summed E-state index contributed by atoms with van der Waals surface area (Å²) in [6, 6.07) is 14.6. The van der Waals surface area contributed by atoms with E-state index in [0.29, 0.717) is 17.1 Å². The van der Waals surface area contributed by atoms with E-state index in [4.69, 9.17) is 0 Å².